The van der Waals surface area contributed by atoms with Crippen LogP contribution in [0.5, 0.6) is 0 Å². The van der Waals surface area contributed by atoms with E-state index in [1.54, 1.807) is 22.9 Å². The number of ether oxygens (including phenoxy) is 1. The maximum atomic E-state index is 11.2. The average molecular weight is 247 g/mol. The van der Waals surface area contributed by atoms with Gasteiger partial charge in [0.1, 0.15) is 11.0 Å². The van der Waals surface area contributed by atoms with Crippen LogP contribution in [0.25, 0.3) is 11.0 Å². The summed E-state index contributed by atoms with van der Waals surface area (Å²) in [5.74, 6) is -0.958. The van der Waals surface area contributed by atoms with Crippen LogP contribution in [0.15, 0.2) is 18.2 Å². The molecule has 1 unspecified atom stereocenters. The molecule has 18 heavy (non-hydrogen) atoms. The SMILES string of the molecule is O=C(O)c1cccc2nnn(C3CCCOC3)c12. The predicted octanol–water partition coefficient (Wildman–Crippen LogP) is 1.48. The van der Waals surface area contributed by atoms with Gasteiger partial charge in [0.2, 0.25) is 0 Å². The van der Waals surface area contributed by atoms with Crippen molar-refractivity contribution in [1.29, 1.82) is 0 Å². The number of fused-ring (bicyclic) bond motifs is 1. The molecule has 6 heteroatoms. The fourth-order valence-corrected chi connectivity index (χ4v) is 2.34. The summed E-state index contributed by atoms with van der Waals surface area (Å²) in [6.07, 6.45) is 1.90. The molecule has 2 heterocycles. The van der Waals surface area contributed by atoms with E-state index < -0.39 is 5.97 Å². The Balaban J connectivity index is 2.14. The minimum absolute atomic E-state index is 0.0734. The molecule has 1 atom stereocenters. The van der Waals surface area contributed by atoms with Gasteiger partial charge in [0.05, 0.1) is 18.2 Å². The van der Waals surface area contributed by atoms with Gasteiger partial charge in [-0.25, -0.2) is 9.48 Å². The second-order valence-corrected chi connectivity index (χ2v) is 4.38. The van der Waals surface area contributed by atoms with E-state index in [4.69, 9.17) is 4.74 Å². The van der Waals surface area contributed by atoms with Gasteiger partial charge < -0.3 is 9.84 Å². The first-order chi connectivity index (χ1) is 8.77. The van der Waals surface area contributed by atoms with Gasteiger partial charge >= 0.3 is 5.97 Å². The highest BCUT2D eigenvalue weighted by atomic mass is 16.5. The Bertz CT molecular complexity index is 587. The monoisotopic (exact) mass is 247 g/mol. The van der Waals surface area contributed by atoms with E-state index in [0.717, 1.165) is 19.4 Å². The highest BCUT2D eigenvalue weighted by molar-refractivity contribution is 6.00. The van der Waals surface area contributed by atoms with Gasteiger partial charge in [-0.2, -0.15) is 0 Å². The molecule has 0 bridgehead atoms. The standard InChI is InChI=1S/C12H13N3O3/c16-12(17)9-4-1-5-10-11(9)15(14-13-10)8-3-2-6-18-7-8/h1,4-5,8H,2-3,6-7H2,(H,16,17). The summed E-state index contributed by atoms with van der Waals surface area (Å²) in [5, 5.41) is 17.3. The molecule has 0 saturated carbocycles. The smallest absolute Gasteiger partial charge is 0.337 e. The minimum Gasteiger partial charge on any atom is -0.478 e. The van der Waals surface area contributed by atoms with Crippen molar-refractivity contribution in [2.45, 2.75) is 18.9 Å². The number of aromatic nitrogens is 3. The van der Waals surface area contributed by atoms with E-state index in [2.05, 4.69) is 10.3 Å². The summed E-state index contributed by atoms with van der Waals surface area (Å²) < 4.78 is 7.11. The average Bonchev–Trinajstić information content (AvgIpc) is 2.83. The molecule has 1 aliphatic heterocycles. The third-order valence-electron chi connectivity index (χ3n) is 3.21. The Morgan fingerprint density at radius 2 is 2.39 bits per heavy atom. The number of para-hydroxylation sites is 1. The topological polar surface area (TPSA) is 77.2 Å². The van der Waals surface area contributed by atoms with E-state index in [-0.39, 0.29) is 11.6 Å². The Kier molecular flexibility index (Phi) is 2.71. The summed E-state index contributed by atoms with van der Waals surface area (Å²) >= 11 is 0. The molecule has 0 aliphatic carbocycles. The molecule has 6 nitrogen and oxygen atoms in total. The molecule has 1 aromatic heterocycles. The molecule has 0 spiro atoms. The lowest BCUT2D eigenvalue weighted by atomic mass is 10.1. The molecular formula is C12H13N3O3. The Labute approximate surface area is 103 Å². The molecule has 94 valence electrons. The summed E-state index contributed by atoms with van der Waals surface area (Å²) in [6.45, 7) is 1.32. The van der Waals surface area contributed by atoms with Crippen LogP contribution in [0.3, 0.4) is 0 Å². The minimum atomic E-state index is -0.958. The van der Waals surface area contributed by atoms with E-state index >= 15 is 0 Å². The third kappa shape index (κ3) is 1.74. The van der Waals surface area contributed by atoms with Crippen molar-refractivity contribution < 1.29 is 14.6 Å². The van der Waals surface area contributed by atoms with Crippen molar-refractivity contribution in [3.05, 3.63) is 23.8 Å². The van der Waals surface area contributed by atoms with Crippen molar-refractivity contribution in [1.82, 2.24) is 15.0 Å². The molecule has 3 rings (SSSR count). The van der Waals surface area contributed by atoms with Crippen LogP contribution in [0.2, 0.25) is 0 Å². The second-order valence-electron chi connectivity index (χ2n) is 4.38. The lowest BCUT2D eigenvalue weighted by molar-refractivity contribution is 0.0555. The van der Waals surface area contributed by atoms with E-state index in [1.165, 1.54) is 0 Å². The zero-order valence-corrected chi connectivity index (χ0v) is 9.74. The molecule has 1 aliphatic rings. The normalized spacial score (nSPS) is 20.1. The first-order valence-corrected chi connectivity index (χ1v) is 5.92. The Hall–Kier alpha value is -1.95. The number of nitrogens with zero attached hydrogens (tertiary/aromatic N) is 3. The van der Waals surface area contributed by atoms with Crippen LogP contribution >= 0.6 is 0 Å². The Morgan fingerprint density at radius 3 is 3.11 bits per heavy atom. The number of hydrogen-bond donors (Lipinski definition) is 1. The summed E-state index contributed by atoms with van der Waals surface area (Å²) in [5.41, 5.74) is 1.43. The van der Waals surface area contributed by atoms with E-state index in [1.807, 2.05) is 0 Å². The van der Waals surface area contributed by atoms with Crippen molar-refractivity contribution in [3.63, 3.8) is 0 Å². The Morgan fingerprint density at radius 1 is 1.50 bits per heavy atom. The van der Waals surface area contributed by atoms with Gasteiger partial charge in [-0.05, 0) is 25.0 Å². The molecule has 1 saturated heterocycles. The summed E-state index contributed by atoms with van der Waals surface area (Å²) in [7, 11) is 0. The quantitative estimate of drug-likeness (QED) is 0.869. The highest BCUT2D eigenvalue weighted by Crippen LogP contribution is 2.25. The third-order valence-corrected chi connectivity index (χ3v) is 3.21. The summed E-state index contributed by atoms with van der Waals surface area (Å²) in [6, 6.07) is 5.11. The number of aromatic carboxylic acids is 1. The van der Waals surface area contributed by atoms with Gasteiger partial charge in [-0.15, -0.1) is 5.10 Å². The van der Waals surface area contributed by atoms with Crippen molar-refractivity contribution in [2.24, 2.45) is 0 Å². The van der Waals surface area contributed by atoms with Crippen LogP contribution in [-0.2, 0) is 4.74 Å². The van der Waals surface area contributed by atoms with Crippen molar-refractivity contribution in [3.8, 4) is 0 Å². The van der Waals surface area contributed by atoms with Crippen molar-refractivity contribution in [2.75, 3.05) is 13.2 Å². The number of carboxylic acid groups (broad SMARTS) is 1. The molecule has 0 amide bonds. The first kappa shape index (κ1) is 11.2. The molecular weight excluding hydrogens is 234 g/mol. The van der Waals surface area contributed by atoms with Crippen LogP contribution < -0.4 is 0 Å². The number of benzene rings is 1. The number of carbonyl (C=O) groups is 1. The molecule has 2 aromatic rings. The van der Waals surface area contributed by atoms with E-state index in [0.29, 0.717) is 17.6 Å². The predicted molar refractivity (Wildman–Crippen MR) is 63.6 cm³/mol. The summed E-state index contributed by atoms with van der Waals surface area (Å²) in [4.78, 5) is 11.2. The molecule has 0 radical (unpaired) electrons. The molecule has 1 N–H and O–H groups in total. The first-order valence-electron chi connectivity index (χ1n) is 5.92. The van der Waals surface area contributed by atoms with Gasteiger partial charge in [-0.3, -0.25) is 0 Å². The molecule has 1 aromatic carbocycles. The van der Waals surface area contributed by atoms with E-state index in [9.17, 15) is 9.90 Å². The number of carboxylic acids is 1. The zero-order valence-electron chi connectivity index (χ0n) is 9.74. The highest BCUT2D eigenvalue weighted by Gasteiger charge is 2.22. The lowest BCUT2D eigenvalue weighted by Gasteiger charge is -2.22. The van der Waals surface area contributed by atoms with Gasteiger partial charge in [0, 0.05) is 6.61 Å². The van der Waals surface area contributed by atoms with Crippen LogP contribution in [-0.4, -0.2) is 39.3 Å². The van der Waals surface area contributed by atoms with Gasteiger partial charge in [-0.1, -0.05) is 11.3 Å². The zero-order chi connectivity index (χ0) is 12.5. The van der Waals surface area contributed by atoms with Gasteiger partial charge in [0.25, 0.3) is 0 Å². The van der Waals surface area contributed by atoms with Crippen molar-refractivity contribution >= 4 is 17.0 Å². The van der Waals surface area contributed by atoms with Crippen LogP contribution in [0.1, 0.15) is 29.2 Å². The fraction of sp³-hybridized carbons (Fsp3) is 0.417. The largest absolute Gasteiger partial charge is 0.478 e. The maximum Gasteiger partial charge on any atom is 0.337 e. The lowest BCUT2D eigenvalue weighted by Crippen LogP contribution is -2.22. The number of rotatable bonds is 2. The van der Waals surface area contributed by atoms with Crippen LogP contribution in [0, 0.1) is 0 Å². The van der Waals surface area contributed by atoms with Crippen LogP contribution in [0.4, 0.5) is 0 Å². The second kappa shape index (κ2) is 4.38. The molecule has 1 fully saturated rings. The number of hydrogen-bond acceptors (Lipinski definition) is 4. The fourth-order valence-electron chi connectivity index (χ4n) is 2.34. The van der Waals surface area contributed by atoms with Gasteiger partial charge in [0.15, 0.2) is 0 Å². The maximum absolute atomic E-state index is 11.2.